The first kappa shape index (κ1) is 13.9. The topological polar surface area (TPSA) is 46.4 Å². The Morgan fingerprint density at radius 1 is 1.05 bits per heavy atom. The van der Waals surface area contributed by atoms with Crippen molar-refractivity contribution in [2.45, 2.75) is 38.1 Å². The average molecular weight is 284 g/mol. The van der Waals surface area contributed by atoms with Crippen LogP contribution in [0.15, 0.2) is 36.4 Å². The van der Waals surface area contributed by atoms with Crippen molar-refractivity contribution in [2.24, 2.45) is 0 Å². The van der Waals surface area contributed by atoms with Gasteiger partial charge in [0.25, 0.3) is 5.69 Å². The van der Waals surface area contributed by atoms with Gasteiger partial charge in [0.1, 0.15) is 0 Å². The minimum absolute atomic E-state index is 0.186. The van der Waals surface area contributed by atoms with Crippen LogP contribution in [0.2, 0.25) is 0 Å². The van der Waals surface area contributed by atoms with E-state index in [1.807, 2.05) is 30.3 Å². The van der Waals surface area contributed by atoms with E-state index in [9.17, 15) is 10.1 Å². The number of benzene rings is 2. The van der Waals surface area contributed by atoms with E-state index < -0.39 is 0 Å². The Morgan fingerprint density at radius 2 is 1.71 bits per heavy atom. The van der Waals surface area contributed by atoms with Crippen LogP contribution in [0.4, 0.5) is 11.4 Å². The Balaban J connectivity index is 2.06. The minimum atomic E-state index is -0.299. The molecule has 0 atom stereocenters. The summed E-state index contributed by atoms with van der Waals surface area (Å²) in [7, 11) is 2.11. The molecule has 0 heterocycles. The monoisotopic (exact) mass is 284 g/mol. The van der Waals surface area contributed by atoms with Crippen molar-refractivity contribution in [2.75, 3.05) is 11.9 Å². The smallest absolute Gasteiger partial charge is 0.277 e. The first-order chi connectivity index (χ1) is 10.2. The second kappa shape index (κ2) is 5.72. The molecule has 1 fully saturated rings. The van der Waals surface area contributed by atoms with Gasteiger partial charge in [-0.1, -0.05) is 37.5 Å². The van der Waals surface area contributed by atoms with Crippen molar-refractivity contribution in [1.82, 2.24) is 0 Å². The van der Waals surface area contributed by atoms with Gasteiger partial charge >= 0.3 is 0 Å². The molecule has 0 radical (unpaired) electrons. The van der Waals surface area contributed by atoms with Gasteiger partial charge in [-0.25, -0.2) is 0 Å². The number of nitro benzene ring substituents is 1. The molecule has 21 heavy (non-hydrogen) atoms. The van der Waals surface area contributed by atoms with E-state index in [1.165, 1.54) is 32.1 Å². The van der Waals surface area contributed by atoms with Crippen LogP contribution in [0.1, 0.15) is 32.1 Å². The van der Waals surface area contributed by atoms with Crippen LogP contribution in [0.5, 0.6) is 0 Å². The number of fused-ring (bicyclic) bond motifs is 1. The van der Waals surface area contributed by atoms with Gasteiger partial charge in [-0.05, 0) is 25.0 Å². The first-order valence-electron chi connectivity index (χ1n) is 7.57. The third kappa shape index (κ3) is 2.58. The Kier molecular flexibility index (Phi) is 3.78. The van der Waals surface area contributed by atoms with Crippen molar-refractivity contribution < 1.29 is 4.92 Å². The molecule has 4 heteroatoms. The Morgan fingerprint density at radius 3 is 2.38 bits per heavy atom. The molecular weight excluding hydrogens is 264 g/mol. The third-order valence-corrected chi connectivity index (χ3v) is 4.58. The maximum atomic E-state index is 11.2. The Bertz CT molecular complexity index is 663. The molecule has 0 N–H and O–H groups in total. The van der Waals surface area contributed by atoms with E-state index in [4.69, 9.17) is 0 Å². The number of hydrogen-bond donors (Lipinski definition) is 0. The van der Waals surface area contributed by atoms with Gasteiger partial charge in [-0.3, -0.25) is 10.1 Å². The highest BCUT2D eigenvalue weighted by molar-refractivity contribution is 6.00. The molecule has 1 aliphatic rings. The summed E-state index contributed by atoms with van der Waals surface area (Å²) in [6, 6.07) is 11.7. The van der Waals surface area contributed by atoms with Crippen LogP contribution in [-0.2, 0) is 0 Å². The second-order valence-electron chi connectivity index (χ2n) is 5.81. The molecule has 0 spiro atoms. The van der Waals surface area contributed by atoms with Gasteiger partial charge in [-0.2, -0.15) is 0 Å². The highest BCUT2D eigenvalue weighted by Crippen LogP contribution is 2.35. The Hall–Kier alpha value is -2.10. The van der Waals surface area contributed by atoms with Crippen LogP contribution in [-0.4, -0.2) is 18.0 Å². The van der Waals surface area contributed by atoms with Gasteiger partial charge < -0.3 is 4.90 Å². The lowest BCUT2D eigenvalue weighted by Gasteiger charge is -2.33. The van der Waals surface area contributed by atoms with E-state index in [2.05, 4.69) is 11.9 Å². The van der Waals surface area contributed by atoms with Crippen LogP contribution < -0.4 is 4.90 Å². The molecule has 3 rings (SSSR count). The lowest BCUT2D eigenvalue weighted by Crippen LogP contribution is -2.33. The summed E-state index contributed by atoms with van der Waals surface area (Å²) in [4.78, 5) is 13.2. The van der Waals surface area contributed by atoms with Gasteiger partial charge in [0.15, 0.2) is 0 Å². The second-order valence-corrected chi connectivity index (χ2v) is 5.81. The quantitative estimate of drug-likeness (QED) is 0.615. The van der Waals surface area contributed by atoms with Crippen molar-refractivity contribution >= 4 is 22.1 Å². The number of hydrogen-bond acceptors (Lipinski definition) is 3. The molecule has 0 bridgehead atoms. The fourth-order valence-electron chi connectivity index (χ4n) is 3.40. The maximum absolute atomic E-state index is 11.2. The zero-order chi connectivity index (χ0) is 14.8. The number of rotatable bonds is 3. The summed E-state index contributed by atoms with van der Waals surface area (Å²) < 4.78 is 0. The third-order valence-electron chi connectivity index (χ3n) is 4.58. The summed E-state index contributed by atoms with van der Waals surface area (Å²) in [6.07, 6.45) is 6.30. The van der Waals surface area contributed by atoms with E-state index in [0.717, 1.165) is 16.5 Å². The summed E-state index contributed by atoms with van der Waals surface area (Å²) in [6.45, 7) is 0. The maximum Gasteiger partial charge on any atom is 0.277 e. The van der Waals surface area contributed by atoms with Crippen LogP contribution in [0.3, 0.4) is 0 Å². The first-order valence-corrected chi connectivity index (χ1v) is 7.57. The molecule has 0 amide bonds. The predicted molar refractivity (Wildman–Crippen MR) is 85.9 cm³/mol. The SMILES string of the molecule is CN(c1ccc([N+](=O)[O-])c2ccccc12)C1CCCCC1. The number of nitro groups is 1. The lowest BCUT2D eigenvalue weighted by atomic mass is 9.93. The van der Waals surface area contributed by atoms with Crippen molar-refractivity contribution in [3.05, 3.63) is 46.5 Å². The number of nitrogens with zero attached hydrogens (tertiary/aromatic N) is 2. The highest BCUT2D eigenvalue weighted by Gasteiger charge is 2.21. The molecule has 0 saturated heterocycles. The molecule has 0 unspecified atom stereocenters. The largest absolute Gasteiger partial charge is 0.371 e. The highest BCUT2D eigenvalue weighted by atomic mass is 16.6. The lowest BCUT2D eigenvalue weighted by molar-refractivity contribution is -0.383. The van der Waals surface area contributed by atoms with Crippen molar-refractivity contribution in [3.8, 4) is 0 Å². The minimum Gasteiger partial charge on any atom is -0.371 e. The Labute approximate surface area is 124 Å². The zero-order valence-corrected chi connectivity index (χ0v) is 12.3. The molecule has 4 nitrogen and oxygen atoms in total. The molecule has 0 aromatic heterocycles. The fraction of sp³-hybridized carbons (Fsp3) is 0.412. The molecule has 1 saturated carbocycles. The van der Waals surface area contributed by atoms with E-state index in [-0.39, 0.29) is 10.6 Å². The summed E-state index contributed by atoms with van der Waals surface area (Å²) in [5.41, 5.74) is 1.29. The fourth-order valence-corrected chi connectivity index (χ4v) is 3.40. The zero-order valence-electron chi connectivity index (χ0n) is 12.3. The molecule has 1 aliphatic carbocycles. The average Bonchev–Trinajstić information content (AvgIpc) is 2.54. The van der Waals surface area contributed by atoms with Crippen LogP contribution >= 0.6 is 0 Å². The van der Waals surface area contributed by atoms with Gasteiger partial charge in [0, 0.05) is 30.2 Å². The van der Waals surface area contributed by atoms with Crippen LogP contribution in [0, 0.1) is 10.1 Å². The van der Waals surface area contributed by atoms with Gasteiger partial charge in [-0.15, -0.1) is 0 Å². The van der Waals surface area contributed by atoms with Crippen molar-refractivity contribution in [1.29, 1.82) is 0 Å². The number of anilines is 1. The predicted octanol–water partition coefficient (Wildman–Crippen LogP) is 4.52. The summed E-state index contributed by atoms with van der Waals surface area (Å²) in [5, 5.41) is 12.9. The normalized spacial score (nSPS) is 16.0. The van der Waals surface area contributed by atoms with Gasteiger partial charge in [0.05, 0.1) is 10.3 Å². The molecule has 2 aromatic carbocycles. The summed E-state index contributed by atoms with van der Waals surface area (Å²) >= 11 is 0. The molecule has 2 aromatic rings. The number of non-ortho nitro benzene ring substituents is 1. The standard InChI is InChI=1S/C17H20N2O2/c1-18(13-7-3-2-4-8-13)16-11-12-17(19(20)21)15-10-6-5-9-14(15)16/h5-6,9-13H,2-4,7-8H2,1H3. The molecular formula is C17H20N2O2. The van der Waals surface area contributed by atoms with E-state index in [1.54, 1.807) is 6.07 Å². The van der Waals surface area contributed by atoms with Crippen molar-refractivity contribution in [3.63, 3.8) is 0 Å². The van der Waals surface area contributed by atoms with Gasteiger partial charge in [0.2, 0.25) is 0 Å². The molecule has 110 valence electrons. The van der Waals surface area contributed by atoms with Crippen LogP contribution in [0.25, 0.3) is 10.8 Å². The molecule has 0 aliphatic heterocycles. The summed E-state index contributed by atoms with van der Waals surface area (Å²) in [5.74, 6) is 0. The van der Waals surface area contributed by atoms with E-state index >= 15 is 0 Å². The van der Waals surface area contributed by atoms with E-state index in [0.29, 0.717) is 6.04 Å².